The van der Waals surface area contributed by atoms with Crippen molar-refractivity contribution < 1.29 is 4.42 Å². The van der Waals surface area contributed by atoms with Crippen LogP contribution in [-0.2, 0) is 0 Å². The molecule has 0 saturated carbocycles. The maximum absolute atomic E-state index is 7.15. The molecule has 0 N–H and O–H groups in total. The molecule has 3 heterocycles. The van der Waals surface area contributed by atoms with Crippen LogP contribution < -0.4 is 0 Å². The van der Waals surface area contributed by atoms with Gasteiger partial charge in [0.2, 0.25) is 0 Å². The Hall–Kier alpha value is -8.67. The molecular formula is C59H34N4O. The zero-order chi connectivity index (χ0) is 41.9. The zero-order valence-electron chi connectivity index (χ0n) is 34.3. The molecule has 0 aliphatic carbocycles. The van der Waals surface area contributed by atoms with E-state index in [1.807, 2.05) is 6.07 Å². The lowest BCUT2D eigenvalue weighted by Crippen LogP contribution is -2.05. The van der Waals surface area contributed by atoms with Crippen LogP contribution in [0, 0.1) is 0 Å². The smallest absolute Gasteiger partial charge is 0.170 e. The molecule has 11 aromatic carbocycles. The van der Waals surface area contributed by atoms with Gasteiger partial charge in [-0.2, -0.15) is 0 Å². The van der Waals surface area contributed by atoms with E-state index in [1.165, 1.54) is 26.9 Å². The highest BCUT2D eigenvalue weighted by Gasteiger charge is 2.28. The van der Waals surface area contributed by atoms with Gasteiger partial charge >= 0.3 is 0 Å². The molecule has 0 bridgehead atoms. The van der Waals surface area contributed by atoms with Crippen LogP contribution in [0.1, 0.15) is 0 Å². The summed E-state index contributed by atoms with van der Waals surface area (Å²) in [4.78, 5) is 16.7. The molecule has 0 unspecified atom stereocenters. The van der Waals surface area contributed by atoms with Crippen LogP contribution in [0.15, 0.2) is 211 Å². The van der Waals surface area contributed by atoms with Crippen LogP contribution in [0.4, 0.5) is 0 Å². The van der Waals surface area contributed by atoms with Crippen molar-refractivity contribution in [2.75, 3.05) is 0 Å². The molecule has 5 nitrogen and oxygen atoms in total. The van der Waals surface area contributed by atoms with Gasteiger partial charge in [0.25, 0.3) is 0 Å². The van der Waals surface area contributed by atoms with E-state index in [-0.39, 0.29) is 0 Å². The fourth-order valence-electron chi connectivity index (χ4n) is 10.4. The van der Waals surface area contributed by atoms with Crippen LogP contribution in [0.3, 0.4) is 0 Å². The van der Waals surface area contributed by atoms with Crippen molar-refractivity contribution in [3.63, 3.8) is 0 Å². The Labute approximate surface area is 366 Å². The third-order valence-electron chi connectivity index (χ3n) is 13.2. The minimum Gasteiger partial charge on any atom is -0.455 e. The van der Waals surface area contributed by atoms with Crippen LogP contribution in [0.2, 0.25) is 0 Å². The van der Waals surface area contributed by atoms with Gasteiger partial charge < -0.3 is 8.98 Å². The Kier molecular flexibility index (Phi) is 7.33. The van der Waals surface area contributed by atoms with Gasteiger partial charge in [0, 0.05) is 38.1 Å². The van der Waals surface area contributed by atoms with E-state index >= 15 is 0 Å². The van der Waals surface area contributed by atoms with Gasteiger partial charge in [0.15, 0.2) is 17.5 Å². The summed E-state index contributed by atoms with van der Waals surface area (Å²) in [5.41, 5.74) is 7.32. The predicted molar refractivity (Wildman–Crippen MR) is 265 cm³/mol. The van der Waals surface area contributed by atoms with Crippen molar-refractivity contribution in [3.05, 3.63) is 206 Å². The highest BCUT2D eigenvalue weighted by atomic mass is 16.3. The van der Waals surface area contributed by atoms with E-state index < -0.39 is 0 Å². The molecule has 3 aromatic heterocycles. The summed E-state index contributed by atoms with van der Waals surface area (Å²) < 4.78 is 9.58. The maximum Gasteiger partial charge on any atom is 0.170 e. The number of fused-ring (bicyclic) bond motifs is 13. The lowest BCUT2D eigenvalue weighted by molar-refractivity contribution is 0.669. The Balaban J connectivity index is 1.20. The zero-order valence-corrected chi connectivity index (χ0v) is 34.3. The molecule has 64 heavy (non-hydrogen) atoms. The van der Waals surface area contributed by atoms with Crippen LogP contribution in [0.25, 0.3) is 137 Å². The second kappa shape index (κ2) is 13.4. The number of para-hydroxylation sites is 2. The van der Waals surface area contributed by atoms with Gasteiger partial charge in [0.1, 0.15) is 11.2 Å². The number of furan rings is 1. The molecule has 0 aliphatic rings. The van der Waals surface area contributed by atoms with Crippen LogP contribution in [-0.4, -0.2) is 19.5 Å². The van der Waals surface area contributed by atoms with Gasteiger partial charge in [-0.3, -0.25) is 0 Å². The number of hydrogen-bond acceptors (Lipinski definition) is 4. The minimum absolute atomic E-state index is 0.529. The third kappa shape index (κ3) is 5.03. The number of hydrogen-bond donors (Lipinski definition) is 0. The molecule has 0 spiro atoms. The van der Waals surface area contributed by atoms with Gasteiger partial charge in [0.05, 0.1) is 22.3 Å². The molecule has 14 rings (SSSR count). The molecule has 0 aliphatic heterocycles. The van der Waals surface area contributed by atoms with Crippen LogP contribution >= 0.6 is 0 Å². The average Bonchev–Trinajstić information content (AvgIpc) is 3.90. The summed E-state index contributed by atoms with van der Waals surface area (Å²) in [5.74, 6) is 1.71. The molecule has 5 heteroatoms. The highest BCUT2D eigenvalue weighted by Crippen LogP contribution is 2.48. The van der Waals surface area contributed by atoms with Gasteiger partial charge in [-0.05, 0) is 78.8 Å². The summed E-state index contributed by atoms with van der Waals surface area (Å²) in [5, 5.41) is 15.6. The molecule has 0 saturated heterocycles. The van der Waals surface area contributed by atoms with Crippen molar-refractivity contribution >= 4 is 97.6 Å². The van der Waals surface area contributed by atoms with Gasteiger partial charge in [-0.1, -0.05) is 176 Å². The molecule has 0 atom stereocenters. The Morgan fingerprint density at radius 3 is 1.70 bits per heavy atom. The highest BCUT2D eigenvalue weighted by molar-refractivity contribution is 6.27. The second-order valence-corrected chi connectivity index (χ2v) is 16.7. The quantitative estimate of drug-likeness (QED) is 0.166. The first-order valence-electron chi connectivity index (χ1n) is 21.7. The van der Waals surface area contributed by atoms with E-state index in [0.717, 1.165) is 93.1 Å². The number of nitrogens with zero attached hydrogens (tertiary/aromatic N) is 4. The standard InChI is InChI=1S/C59H34N4O/c1-2-18-37-34-51-48(32-36(37)17-1)43-25-11-13-30-50(43)63(51)55-45-27-10-9-26-44(45)53-47-28-12-14-31-52(47)64-56(53)54(55)59-61-57(46-29-15-20-35-16-3-5-21-39(35)46)60-58(62-59)49-33-38-19-4-6-22-40(38)41-23-7-8-24-42(41)49/h1-34H. The lowest BCUT2D eigenvalue weighted by atomic mass is 9.95. The Bertz CT molecular complexity index is 4270. The van der Waals surface area contributed by atoms with E-state index in [0.29, 0.717) is 17.5 Å². The molecule has 14 aromatic rings. The molecule has 0 fully saturated rings. The van der Waals surface area contributed by atoms with Gasteiger partial charge in [-0.25, -0.2) is 15.0 Å². The lowest BCUT2D eigenvalue weighted by Gasteiger charge is -2.19. The topological polar surface area (TPSA) is 56.7 Å². The third-order valence-corrected chi connectivity index (χ3v) is 13.2. The molecule has 0 amide bonds. The molecular weight excluding hydrogens is 781 g/mol. The summed E-state index contributed by atoms with van der Waals surface area (Å²) in [6, 6.07) is 73.2. The minimum atomic E-state index is 0.529. The van der Waals surface area contributed by atoms with Crippen molar-refractivity contribution in [1.29, 1.82) is 0 Å². The number of benzene rings is 11. The maximum atomic E-state index is 7.15. The van der Waals surface area contributed by atoms with E-state index in [9.17, 15) is 0 Å². The van der Waals surface area contributed by atoms with Crippen molar-refractivity contribution in [2.45, 2.75) is 0 Å². The second-order valence-electron chi connectivity index (χ2n) is 16.7. The fourth-order valence-corrected chi connectivity index (χ4v) is 10.4. The van der Waals surface area contributed by atoms with Crippen molar-refractivity contribution in [3.8, 4) is 39.9 Å². The van der Waals surface area contributed by atoms with Crippen molar-refractivity contribution in [2.24, 2.45) is 0 Å². The number of rotatable bonds is 4. The first-order valence-corrected chi connectivity index (χ1v) is 21.7. The average molecular weight is 815 g/mol. The first kappa shape index (κ1) is 35.0. The van der Waals surface area contributed by atoms with E-state index in [4.69, 9.17) is 19.4 Å². The van der Waals surface area contributed by atoms with E-state index in [1.54, 1.807) is 0 Å². The van der Waals surface area contributed by atoms with Crippen LogP contribution in [0.5, 0.6) is 0 Å². The monoisotopic (exact) mass is 814 g/mol. The summed E-state index contributed by atoms with van der Waals surface area (Å²) in [6.45, 7) is 0. The molecule has 296 valence electrons. The normalized spacial score (nSPS) is 12.1. The summed E-state index contributed by atoms with van der Waals surface area (Å²) in [7, 11) is 0. The SMILES string of the molecule is c1ccc2cc3c(cc2c1)c1ccccc1n3-c1c(-c2nc(-c3cccc4ccccc34)nc(-c3cc4ccccc4c4ccccc34)n2)c2oc3ccccc3c2c2ccccc12. The van der Waals surface area contributed by atoms with Crippen molar-refractivity contribution in [1.82, 2.24) is 19.5 Å². The molecule has 0 radical (unpaired) electrons. The predicted octanol–water partition coefficient (Wildman–Crippen LogP) is 15.6. The van der Waals surface area contributed by atoms with Gasteiger partial charge in [-0.15, -0.1) is 0 Å². The first-order chi connectivity index (χ1) is 31.7. The van der Waals surface area contributed by atoms with E-state index in [2.05, 4.69) is 205 Å². The Morgan fingerprint density at radius 2 is 0.891 bits per heavy atom. The largest absolute Gasteiger partial charge is 0.455 e. The summed E-state index contributed by atoms with van der Waals surface area (Å²) in [6.07, 6.45) is 0. The fraction of sp³-hybridized carbons (Fsp3) is 0. The number of aromatic nitrogens is 4. The summed E-state index contributed by atoms with van der Waals surface area (Å²) >= 11 is 0. The Morgan fingerprint density at radius 1 is 0.328 bits per heavy atom.